The Kier molecular flexibility index (Phi) is 4.69. The van der Waals surface area contributed by atoms with Gasteiger partial charge in [0.05, 0.1) is 12.1 Å². The molecule has 17 heavy (non-hydrogen) atoms. The van der Waals surface area contributed by atoms with E-state index in [4.69, 9.17) is 10.2 Å². The molecule has 0 aliphatic heterocycles. The van der Waals surface area contributed by atoms with Crippen LogP contribution in [0.2, 0.25) is 0 Å². The topological polar surface area (TPSA) is 81.2 Å². The minimum atomic E-state index is -0.232. The fourth-order valence-electron chi connectivity index (χ4n) is 1.64. The Morgan fingerprint density at radius 2 is 2.18 bits per heavy atom. The third-order valence-corrected chi connectivity index (χ3v) is 2.76. The SMILES string of the molecule is Cc1cnc(C(C)NC(=O)C(CN)C(C)C)o1. The van der Waals surface area contributed by atoms with Crippen LogP contribution in [0.5, 0.6) is 0 Å². The molecule has 0 radical (unpaired) electrons. The van der Waals surface area contributed by atoms with Gasteiger partial charge in [-0.15, -0.1) is 0 Å². The van der Waals surface area contributed by atoms with Gasteiger partial charge >= 0.3 is 0 Å². The van der Waals surface area contributed by atoms with Gasteiger partial charge < -0.3 is 15.5 Å². The molecule has 0 aliphatic carbocycles. The van der Waals surface area contributed by atoms with Gasteiger partial charge in [-0.1, -0.05) is 13.8 Å². The monoisotopic (exact) mass is 239 g/mol. The van der Waals surface area contributed by atoms with E-state index >= 15 is 0 Å². The third-order valence-electron chi connectivity index (χ3n) is 2.76. The van der Waals surface area contributed by atoms with Gasteiger partial charge in [0.25, 0.3) is 0 Å². The molecule has 5 heteroatoms. The number of carbonyl (C=O) groups is 1. The van der Waals surface area contributed by atoms with E-state index in [-0.39, 0.29) is 23.8 Å². The normalized spacial score (nSPS) is 14.7. The van der Waals surface area contributed by atoms with E-state index in [9.17, 15) is 4.79 Å². The maximum absolute atomic E-state index is 11.9. The number of amides is 1. The number of hydrogen-bond donors (Lipinski definition) is 2. The molecule has 1 rings (SSSR count). The molecular weight excluding hydrogens is 218 g/mol. The summed E-state index contributed by atoms with van der Waals surface area (Å²) in [6, 6.07) is -0.232. The van der Waals surface area contributed by atoms with Crippen LogP contribution in [0.15, 0.2) is 10.6 Å². The lowest BCUT2D eigenvalue weighted by molar-refractivity contribution is -0.126. The first-order valence-electron chi connectivity index (χ1n) is 5.88. The highest BCUT2D eigenvalue weighted by Gasteiger charge is 2.23. The fourth-order valence-corrected chi connectivity index (χ4v) is 1.64. The number of aryl methyl sites for hydroxylation is 1. The second-order valence-electron chi connectivity index (χ2n) is 4.63. The number of carbonyl (C=O) groups excluding carboxylic acids is 1. The standard InChI is InChI=1S/C12H21N3O2/c1-7(2)10(5-13)11(16)15-9(4)12-14-6-8(3)17-12/h6-7,9-10H,5,13H2,1-4H3,(H,15,16). The summed E-state index contributed by atoms with van der Waals surface area (Å²) in [6.45, 7) is 7.98. The van der Waals surface area contributed by atoms with Crippen molar-refractivity contribution in [3.8, 4) is 0 Å². The maximum Gasteiger partial charge on any atom is 0.225 e. The molecule has 0 spiro atoms. The van der Waals surface area contributed by atoms with Crippen molar-refractivity contribution in [1.29, 1.82) is 0 Å². The quantitative estimate of drug-likeness (QED) is 0.813. The van der Waals surface area contributed by atoms with Crippen LogP contribution in [0.1, 0.15) is 38.5 Å². The van der Waals surface area contributed by atoms with E-state index in [1.807, 2.05) is 27.7 Å². The van der Waals surface area contributed by atoms with Gasteiger partial charge in [-0.3, -0.25) is 4.79 Å². The lowest BCUT2D eigenvalue weighted by Crippen LogP contribution is -2.39. The largest absolute Gasteiger partial charge is 0.444 e. The third kappa shape index (κ3) is 3.56. The molecule has 2 atom stereocenters. The van der Waals surface area contributed by atoms with Gasteiger partial charge in [-0.05, 0) is 19.8 Å². The van der Waals surface area contributed by atoms with Gasteiger partial charge in [0.2, 0.25) is 11.8 Å². The minimum absolute atomic E-state index is 0.0501. The summed E-state index contributed by atoms with van der Waals surface area (Å²) in [7, 11) is 0. The van der Waals surface area contributed by atoms with E-state index in [2.05, 4.69) is 10.3 Å². The Morgan fingerprint density at radius 3 is 2.59 bits per heavy atom. The van der Waals surface area contributed by atoms with Crippen molar-refractivity contribution in [3.05, 3.63) is 17.8 Å². The maximum atomic E-state index is 11.9. The van der Waals surface area contributed by atoms with Gasteiger partial charge in [-0.2, -0.15) is 0 Å². The molecule has 0 aliphatic rings. The van der Waals surface area contributed by atoms with Crippen molar-refractivity contribution >= 4 is 5.91 Å². The summed E-state index contributed by atoms with van der Waals surface area (Å²) in [5.41, 5.74) is 5.59. The average molecular weight is 239 g/mol. The Balaban J connectivity index is 2.62. The van der Waals surface area contributed by atoms with Crippen LogP contribution in [0.25, 0.3) is 0 Å². The number of nitrogens with two attached hydrogens (primary N) is 1. The summed E-state index contributed by atoms with van der Waals surface area (Å²) in [6.07, 6.45) is 1.64. The van der Waals surface area contributed by atoms with Crippen LogP contribution in [-0.2, 0) is 4.79 Å². The Morgan fingerprint density at radius 1 is 1.53 bits per heavy atom. The molecular formula is C12H21N3O2. The molecule has 1 heterocycles. The number of oxazole rings is 1. The number of rotatable bonds is 5. The minimum Gasteiger partial charge on any atom is -0.444 e. The first kappa shape index (κ1) is 13.7. The first-order valence-corrected chi connectivity index (χ1v) is 5.88. The number of nitrogens with one attached hydrogen (secondary N) is 1. The van der Waals surface area contributed by atoms with Crippen molar-refractivity contribution in [2.24, 2.45) is 17.6 Å². The summed E-state index contributed by atoms with van der Waals surface area (Å²) in [5.74, 6) is 1.26. The van der Waals surface area contributed by atoms with Crippen LogP contribution in [0.3, 0.4) is 0 Å². The number of aromatic nitrogens is 1. The van der Waals surface area contributed by atoms with Crippen molar-refractivity contribution in [3.63, 3.8) is 0 Å². The zero-order valence-corrected chi connectivity index (χ0v) is 10.9. The van der Waals surface area contributed by atoms with Crippen LogP contribution < -0.4 is 11.1 Å². The van der Waals surface area contributed by atoms with Crippen LogP contribution in [0.4, 0.5) is 0 Å². The molecule has 0 aromatic carbocycles. The van der Waals surface area contributed by atoms with Crippen molar-refractivity contribution in [1.82, 2.24) is 10.3 Å². The van der Waals surface area contributed by atoms with Crippen molar-refractivity contribution in [2.45, 2.75) is 33.7 Å². The summed E-state index contributed by atoms with van der Waals surface area (Å²) in [4.78, 5) is 16.0. The smallest absolute Gasteiger partial charge is 0.225 e. The summed E-state index contributed by atoms with van der Waals surface area (Å²) in [5, 5.41) is 2.87. The van der Waals surface area contributed by atoms with Gasteiger partial charge in [0.15, 0.2) is 0 Å². The predicted octanol–water partition coefficient (Wildman–Crippen LogP) is 1.39. The molecule has 0 bridgehead atoms. The zero-order chi connectivity index (χ0) is 13.0. The summed E-state index contributed by atoms with van der Waals surface area (Å²) >= 11 is 0. The molecule has 2 unspecified atom stereocenters. The fraction of sp³-hybridized carbons (Fsp3) is 0.667. The molecule has 3 N–H and O–H groups in total. The van der Waals surface area contributed by atoms with Crippen LogP contribution in [0, 0.1) is 18.8 Å². The summed E-state index contributed by atoms with van der Waals surface area (Å²) < 4.78 is 5.36. The number of hydrogen-bond acceptors (Lipinski definition) is 4. The lowest BCUT2D eigenvalue weighted by Gasteiger charge is -2.20. The molecule has 5 nitrogen and oxygen atoms in total. The Labute approximate surface area is 102 Å². The average Bonchev–Trinajstić information content (AvgIpc) is 2.65. The Hall–Kier alpha value is -1.36. The van der Waals surface area contributed by atoms with Crippen molar-refractivity contribution < 1.29 is 9.21 Å². The number of nitrogens with zero attached hydrogens (tertiary/aromatic N) is 1. The highest BCUT2D eigenvalue weighted by atomic mass is 16.4. The zero-order valence-electron chi connectivity index (χ0n) is 10.9. The first-order chi connectivity index (χ1) is 7.95. The second-order valence-corrected chi connectivity index (χ2v) is 4.63. The molecule has 1 aromatic rings. The van der Waals surface area contributed by atoms with Gasteiger partial charge in [0.1, 0.15) is 11.8 Å². The van der Waals surface area contributed by atoms with E-state index in [1.165, 1.54) is 0 Å². The van der Waals surface area contributed by atoms with Crippen LogP contribution in [-0.4, -0.2) is 17.4 Å². The molecule has 0 fully saturated rings. The van der Waals surface area contributed by atoms with E-state index < -0.39 is 0 Å². The van der Waals surface area contributed by atoms with E-state index in [0.29, 0.717) is 12.4 Å². The van der Waals surface area contributed by atoms with E-state index in [1.54, 1.807) is 6.20 Å². The molecule has 0 saturated carbocycles. The predicted molar refractivity (Wildman–Crippen MR) is 65.2 cm³/mol. The lowest BCUT2D eigenvalue weighted by atomic mass is 9.95. The van der Waals surface area contributed by atoms with Crippen LogP contribution >= 0.6 is 0 Å². The van der Waals surface area contributed by atoms with E-state index in [0.717, 1.165) is 5.76 Å². The molecule has 96 valence electrons. The Bertz CT molecular complexity index is 374. The molecule has 0 saturated heterocycles. The molecule has 1 aromatic heterocycles. The highest BCUT2D eigenvalue weighted by molar-refractivity contribution is 5.79. The van der Waals surface area contributed by atoms with Gasteiger partial charge in [0, 0.05) is 6.54 Å². The molecule has 1 amide bonds. The van der Waals surface area contributed by atoms with Crippen molar-refractivity contribution in [2.75, 3.05) is 6.54 Å². The van der Waals surface area contributed by atoms with Gasteiger partial charge in [-0.25, -0.2) is 4.98 Å². The highest BCUT2D eigenvalue weighted by Crippen LogP contribution is 2.15. The second kappa shape index (κ2) is 5.82.